The summed E-state index contributed by atoms with van der Waals surface area (Å²) in [6.07, 6.45) is 3.83. The fraction of sp³-hybridized carbons (Fsp3) is 0.0667. The summed E-state index contributed by atoms with van der Waals surface area (Å²) in [5.41, 5.74) is -0.763. The lowest BCUT2D eigenvalue weighted by Crippen LogP contribution is -2.20. The molecule has 0 aliphatic heterocycles. The third-order valence-corrected chi connectivity index (χ3v) is 2.71. The fourth-order valence-electron chi connectivity index (χ4n) is 1.63. The molecule has 1 amide bonds. The van der Waals surface area contributed by atoms with Crippen LogP contribution in [0.2, 0.25) is 0 Å². The van der Waals surface area contributed by atoms with E-state index in [1.54, 1.807) is 12.1 Å². The minimum Gasteiger partial charge on any atom is -0.465 e. The van der Waals surface area contributed by atoms with E-state index in [1.807, 2.05) is 0 Å². The number of furan rings is 1. The normalized spacial score (nSPS) is 10.5. The van der Waals surface area contributed by atoms with Crippen molar-refractivity contribution in [3.05, 3.63) is 64.4 Å². The van der Waals surface area contributed by atoms with Gasteiger partial charge in [0.1, 0.15) is 11.6 Å². The quantitative estimate of drug-likeness (QED) is 0.376. The van der Waals surface area contributed by atoms with Crippen molar-refractivity contribution in [3.8, 4) is 0 Å². The molecule has 24 heavy (non-hydrogen) atoms. The van der Waals surface area contributed by atoms with Gasteiger partial charge in [0.05, 0.1) is 16.9 Å². The highest BCUT2D eigenvalue weighted by atomic mass is 19.1. The number of hydrogen-bond donors (Lipinski definition) is 1. The van der Waals surface area contributed by atoms with Crippen LogP contribution in [0.5, 0.6) is 0 Å². The first kappa shape index (κ1) is 16.9. The number of halogens is 1. The van der Waals surface area contributed by atoms with Crippen molar-refractivity contribution < 1.29 is 28.1 Å². The second-order valence-corrected chi connectivity index (χ2v) is 4.43. The molecule has 1 aromatic heterocycles. The number of non-ortho nitro benzene ring substituents is 1. The molecule has 0 aliphatic carbocycles. The highest BCUT2D eigenvalue weighted by Crippen LogP contribution is 2.21. The predicted octanol–water partition coefficient (Wildman–Crippen LogP) is 2.52. The molecule has 1 N–H and O–H groups in total. The maximum atomic E-state index is 13.5. The van der Waals surface area contributed by atoms with Gasteiger partial charge in [0.15, 0.2) is 6.61 Å². The number of nitro benzene ring substituents is 1. The third kappa shape index (κ3) is 4.77. The van der Waals surface area contributed by atoms with E-state index in [-0.39, 0.29) is 11.4 Å². The largest absolute Gasteiger partial charge is 0.465 e. The van der Waals surface area contributed by atoms with Gasteiger partial charge in [0.2, 0.25) is 0 Å². The summed E-state index contributed by atoms with van der Waals surface area (Å²) >= 11 is 0. The Bertz CT molecular complexity index is 785. The van der Waals surface area contributed by atoms with E-state index in [1.165, 1.54) is 12.3 Å². The molecule has 0 radical (unpaired) electrons. The van der Waals surface area contributed by atoms with Crippen molar-refractivity contribution in [2.45, 2.75) is 0 Å². The van der Waals surface area contributed by atoms with Gasteiger partial charge in [-0.05, 0) is 24.3 Å². The minimum atomic E-state index is -0.849. The van der Waals surface area contributed by atoms with Gasteiger partial charge in [0, 0.05) is 18.2 Å². The van der Waals surface area contributed by atoms with Crippen LogP contribution in [0.3, 0.4) is 0 Å². The lowest BCUT2D eigenvalue weighted by molar-refractivity contribution is -0.384. The maximum Gasteiger partial charge on any atom is 0.331 e. The summed E-state index contributed by atoms with van der Waals surface area (Å²) in [4.78, 5) is 32.9. The number of benzene rings is 1. The first-order valence-electron chi connectivity index (χ1n) is 6.58. The number of amides is 1. The number of esters is 1. The number of anilines is 1. The van der Waals surface area contributed by atoms with Crippen LogP contribution in [0.15, 0.2) is 47.1 Å². The van der Waals surface area contributed by atoms with E-state index in [9.17, 15) is 24.1 Å². The van der Waals surface area contributed by atoms with Gasteiger partial charge in [-0.2, -0.15) is 0 Å². The second-order valence-electron chi connectivity index (χ2n) is 4.43. The molecule has 0 bridgehead atoms. The zero-order chi connectivity index (χ0) is 17.5. The summed E-state index contributed by atoms with van der Waals surface area (Å²) in [6, 6.07) is 5.93. The maximum absolute atomic E-state index is 13.5. The molecule has 9 heteroatoms. The Balaban J connectivity index is 1.88. The number of nitrogens with zero attached hydrogens (tertiary/aromatic N) is 1. The fourth-order valence-corrected chi connectivity index (χ4v) is 1.63. The Morgan fingerprint density at radius 2 is 2.17 bits per heavy atom. The van der Waals surface area contributed by atoms with E-state index in [0.29, 0.717) is 5.76 Å². The van der Waals surface area contributed by atoms with Crippen molar-refractivity contribution in [1.29, 1.82) is 0 Å². The number of carbonyl (C=O) groups is 2. The molecule has 2 rings (SSSR count). The van der Waals surface area contributed by atoms with Gasteiger partial charge in [-0.15, -0.1) is 0 Å². The summed E-state index contributed by atoms with van der Waals surface area (Å²) < 4.78 is 23.1. The summed E-state index contributed by atoms with van der Waals surface area (Å²) in [7, 11) is 0. The molecule has 2 aromatic rings. The summed E-state index contributed by atoms with van der Waals surface area (Å²) in [5, 5.41) is 12.7. The van der Waals surface area contributed by atoms with Gasteiger partial charge >= 0.3 is 5.97 Å². The molecule has 124 valence electrons. The summed E-state index contributed by atoms with van der Waals surface area (Å²) in [5.74, 6) is -2.07. The molecule has 8 nitrogen and oxygen atoms in total. The SMILES string of the molecule is O=C(COC(=O)/C=C/c1ccco1)Nc1cc([N+](=O)[O-])ccc1F. The molecular weight excluding hydrogens is 323 g/mol. The standard InChI is InChI=1S/C15H11FN2O6/c16-12-5-3-10(18(21)22)8-13(12)17-14(19)9-24-15(20)6-4-11-2-1-7-23-11/h1-8H,9H2,(H,17,19)/b6-4+. The molecule has 0 aliphatic rings. The Kier molecular flexibility index (Phi) is 5.40. The van der Waals surface area contributed by atoms with E-state index in [4.69, 9.17) is 4.42 Å². The van der Waals surface area contributed by atoms with E-state index in [0.717, 1.165) is 24.3 Å². The molecule has 1 heterocycles. The smallest absolute Gasteiger partial charge is 0.331 e. The number of carbonyl (C=O) groups excluding carboxylic acids is 2. The molecule has 0 unspecified atom stereocenters. The highest BCUT2D eigenvalue weighted by molar-refractivity contribution is 5.94. The monoisotopic (exact) mass is 334 g/mol. The molecule has 0 atom stereocenters. The van der Waals surface area contributed by atoms with Gasteiger partial charge in [0.25, 0.3) is 11.6 Å². The van der Waals surface area contributed by atoms with Crippen LogP contribution in [-0.4, -0.2) is 23.4 Å². The number of ether oxygens (including phenoxy) is 1. The molecular formula is C15H11FN2O6. The molecule has 0 fully saturated rings. The van der Waals surface area contributed by atoms with Crippen molar-refractivity contribution in [1.82, 2.24) is 0 Å². The van der Waals surface area contributed by atoms with Crippen molar-refractivity contribution in [2.75, 3.05) is 11.9 Å². The van der Waals surface area contributed by atoms with Crippen molar-refractivity contribution >= 4 is 29.3 Å². The minimum absolute atomic E-state index is 0.378. The Morgan fingerprint density at radius 1 is 1.38 bits per heavy atom. The zero-order valence-electron chi connectivity index (χ0n) is 12.1. The molecule has 0 saturated carbocycles. The van der Waals surface area contributed by atoms with Gasteiger partial charge < -0.3 is 14.5 Å². The summed E-state index contributed by atoms with van der Waals surface area (Å²) in [6.45, 7) is -0.677. The third-order valence-electron chi connectivity index (χ3n) is 2.71. The molecule has 0 saturated heterocycles. The van der Waals surface area contributed by atoms with Crippen molar-refractivity contribution in [2.24, 2.45) is 0 Å². The Labute approximate surface area is 134 Å². The van der Waals surface area contributed by atoms with E-state index in [2.05, 4.69) is 10.1 Å². The number of rotatable bonds is 6. The lowest BCUT2D eigenvalue weighted by atomic mass is 10.2. The Hall–Kier alpha value is -3.49. The van der Waals surface area contributed by atoms with E-state index >= 15 is 0 Å². The first-order valence-corrected chi connectivity index (χ1v) is 6.58. The van der Waals surface area contributed by atoms with Crippen LogP contribution < -0.4 is 5.32 Å². The van der Waals surface area contributed by atoms with Crippen LogP contribution in [-0.2, 0) is 14.3 Å². The first-order chi connectivity index (χ1) is 11.5. The second kappa shape index (κ2) is 7.68. The Morgan fingerprint density at radius 3 is 2.83 bits per heavy atom. The van der Waals surface area contributed by atoms with Gasteiger partial charge in [-0.25, -0.2) is 9.18 Å². The molecule has 0 spiro atoms. The van der Waals surface area contributed by atoms with Crippen LogP contribution in [0, 0.1) is 15.9 Å². The van der Waals surface area contributed by atoms with Gasteiger partial charge in [-0.1, -0.05) is 0 Å². The topological polar surface area (TPSA) is 112 Å². The predicted molar refractivity (Wildman–Crippen MR) is 80.4 cm³/mol. The van der Waals surface area contributed by atoms with Crippen LogP contribution in [0.4, 0.5) is 15.8 Å². The van der Waals surface area contributed by atoms with E-state index < -0.39 is 29.2 Å². The van der Waals surface area contributed by atoms with Crippen LogP contribution in [0.1, 0.15) is 5.76 Å². The average Bonchev–Trinajstić information content (AvgIpc) is 3.06. The zero-order valence-corrected chi connectivity index (χ0v) is 12.1. The van der Waals surface area contributed by atoms with Crippen LogP contribution >= 0.6 is 0 Å². The highest BCUT2D eigenvalue weighted by Gasteiger charge is 2.14. The van der Waals surface area contributed by atoms with Gasteiger partial charge in [-0.3, -0.25) is 14.9 Å². The average molecular weight is 334 g/mol. The van der Waals surface area contributed by atoms with Crippen molar-refractivity contribution in [3.63, 3.8) is 0 Å². The molecule has 1 aromatic carbocycles. The van der Waals surface area contributed by atoms with Crippen LogP contribution in [0.25, 0.3) is 6.08 Å². The lowest BCUT2D eigenvalue weighted by Gasteiger charge is -2.06. The number of nitrogens with one attached hydrogen (secondary N) is 1. The number of nitro groups is 1. The number of hydrogen-bond acceptors (Lipinski definition) is 6.